The first-order chi connectivity index (χ1) is 8.28. The van der Waals surface area contributed by atoms with E-state index in [0.717, 1.165) is 12.8 Å². The number of nitrogens with two attached hydrogens (primary N) is 1. The fourth-order valence-corrected chi connectivity index (χ4v) is 2.05. The van der Waals surface area contributed by atoms with Gasteiger partial charge in [-0.05, 0) is 37.8 Å². The fraction of sp³-hybridized carbons (Fsp3) is 0.429. The maximum atomic E-state index is 13.3. The third-order valence-corrected chi connectivity index (χ3v) is 2.81. The van der Waals surface area contributed by atoms with E-state index in [1.165, 1.54) is 25.0 Å². The normalized spacial score (nSPS) is 15.4. The molecule has 0 bridgehead atoms. The van der Waals surface area contributed by atoms with Gasteiger partial charge < -0.3 is 10.5 Å². The molecule has 1 aliphatic carbocycles. The number of benzene rings is 1. The van der Waals surface area contributed by atoms with Crippen molar-refractivity contribution in [3.8, 4) is 17.6 Å². The minimum absolute atomic E-state index is 0.229. The van der Waals surface area contributed by atoms with Crippen molar-refractivity contribution in [2.24, 2.45) is 5.73 Å². The van der Waals surface area contributed by atoms with E-state index in [0.29, 0.717) is 11.3 Å². The second kappa shape index (κ2) is 5.70. The zero-order valence-electron chi connectivity index (χ0n) is 9.71. The van der Waals surface area contributed by atoms with Gasteiger partial charge in [0.15, 0.2) is 0 Å². The first-order valence-corrected chi connectivity index (χ1v) is 5.94. The molecule has 1 aromatic rings. The average molecular weight is 233 g/mol. The van der Waals surface area contributed by atoms with Crippen LogP contribution in [0.5, 0.6) is 5.75 Å². The highest BCUT2D eigenvalue weighted by molar-refractivity contribution is 5.40. The molecule has 90 valence electrons. The summed E-state index contributed by atoms with van der Waals surface area (Å²) in [5.74, 6) is 5.77. The molecule has 0 spiro atoms. The Hall–Kier alpha value is -1.53. The standard InChI is InChI=1S/C14H16FNO/c15-12-8-11(4-3-7-16)9-14(10-12)17-13-5-1-2-6-13/h8-10,13H,1-2,5-7,16H2. The Balaban J connectivity index is 2.12. The summed E-state index contributed by atoms with van der Waals surface area (Å²) in [4.78, 5) is 0. The summed E-state index contributed by atoms with van der Waals surface area (Å²) in [7, 11) is 0. The first kappa shape index (κ1) is 11.9. The Bertz CT molecular complexity index is 441. The molecule has 0 amide bonds. The predicted molar refractivity (Wildman–Crippen MR) is 65.2 cm³/mol. The molecule has 2 nitrogen and oxygen atoms in total. The summed E-state index contributed by atoms with van der Waals surface area (Å²) in [5, 5.41) is 0. The van der Waals surface area contributed by atoms with Crippen molar-refractivity contribution in [3.63, 3.8) is 0 Å². The summed E-state index contributed by atoms with van der Waals surface area (Å²) in [6.45, 7) is 0.273. The number of halogens is 1. The molecule has 0 saturated heterocycles. The van der Waals surface area contributed by atoms with E-state index in [2.05, 4.69) is 11.8 Å². The van der Waals surface area contributed by atoms with Crippen LogP contribution in [0.25, 0.3) is 0 Å². The van der Waals surface area contributed by atoms with E-state index in [9.17, 15) is 4.39 Å². The fourth-order valence-electron chi connectivity index (χ4n) is 2.05. The molecular weight excluding hydrogens is 217 g/mol. The molecule has 1 aromatic carbocycles. The third kappa shape index (κ3) is 3.47. The molecule has 2 N–H and O–H groups in total. The van der Waals surface area contributed by atoms with Crippen molar-refractivity contribution in [1.82, 2.24) is 0 Å². The van der Waals surface area contributed by atoms with Crippen molar-refractivity contribution in [1.29, 1.82) is 0 Å². The Morgan fingerprint density at radius 1 is 1.29 bits per heavy atom. The molecule has 17 heavy (non-hydrogen) atoms. The minimum atomic E-state index is -0.318. The Morgan fingerprint density at radius 2 is 2.06 bits per heavy atom. The van der Waals surface area contributed by atoms with Gasteiger partial charge in [-0.2, -0.15) is 0 Å². The van der Waals surface area contributed by atoms with Crippen molar-refractivity contribution in [2.75, 3.05) is 6.54 Å². The summed E-state index contributed by atoms with van der Waals surface area (Å²) in [5.41, 5.74) is 5.90. The second-order valence-corrected chi connectivity index (χ2v) is 4.21. The van der Waals surface area contributed by atoms with Crippen LogP contribution in [-0.2, 0) is 0 Å². The Morgan fingerprint density at radius 3 is 2.76 bits per heavy atom. The van der Waals surface area contributed by atoms with Crippen LogP contribution < -0.4 is 10.5 Å². The Labute approximate surface area is 101 Å². The summed E-state index contributed by atoms with van der Waals surface area (Å²) in [6.07, 6.45) is 4.73. The van der Waals surface area contributed by atoms with Crippen LogP contribution in [0.1, 0.15) is 31.2 Å². The van der Waals surface area contributed by atoms with Gasteiger partial charge in [0, 0.05) is 11.6 Å². The molecule has 0 atom stereocenters. The molecule has 1 aliphatic rings. The zero-order chi connectivity index (χ0) is 12.1. The van der Waals surface area contributed by atoms with Gasteiger partial charge in [-0.15, -0.1) is 0 Å². The lowest BCUT2D eigenvalue weighted by atomic mass is 10.2. The molecule has 0 aromatic heterocycles. The minimum Gasteiger partial charge on any atom is -0.490 e. The van der Waals surface area contributed by atoms with Crippen LogP contribution in [0.2, 0.25) is 0 Å². The number of rotatable bonds is 2. The van der Waals surface area contributed by atoms with Crippen molar-refractivity contribution in [3.05, 3.63) is 29.6 Å². The molecule has 0 aliphatic heterocycles. The highest BCUT2D eigenvalue weighted by Crippen LogP contribution is 2.25. The third-order valence-electron chi connectivity index (χ3n) is 2.81. The lowest BCUT2D eigenvalue weighted by Crippen LogP contribution is -2.11. The van der Waals surface area contributed by atoms with Crippen molar-refractivity contribution in [2.45, 2.75) is 31.8 Å². The number of ether oxygens (including phenoxy) is 1. The van der Waals surface area contributed by atoms with Crippen molar-refractivity contribution >= 4 is 0 Å². The molecule has 1 saturated carbocycles. The van der Waals surface area contributed by atoms with Gasteiger partial charge in [0.25, 0.3) is 0 Å². The average Bonchev–Trinajstić information content (AvgIpc) is 2.78. The summed E-state index contributed by atoms with van der Waals surface area (Å²) < 4.78 is 19.1. The van der Waals surface area contributed by atoms with Crippen LogP contribution in [0, 0.1) is 17.7 Å². The van der Waals surface area contributed by atoms with Crippen LogP contribution >= 0.6 is 0 Å². The molecule has 1 fully saturated rings. The molecule has 0 unspecified atom stereocenters. The highest BCUT2D eigenvalue weighted by atomic mass is 19.1. The van der Waals surface area contributed by atoms with E-state index < -0.39 is 0 Å². The predicted octanol–water partition coefficient (Wildman–Crippen LogP) is 2.46. The second-order valence-electron chi connectivity index (χ2n) is 4.21. The van der Waals surface area contributed by atoms with E-state index in [1.54, 1.807) is 6.07 Å². The maximum absolute atomic E-state index is 13.3. The number of hydrogen-bond acceptors (Lipinski definition) is 2. The van der Waals surface area contributed by atoms with E-state index in [1.807, 2.05) is 0 Å². The van der Waals surface area contributed by atoms with Gasteiger partial charge in [-0.25, -0.2) is 4.39 Å². The lowest BCUT2D eigenvalue weighted by molar-refractivity contribution is 0.209. The van der Waals surface area contributed by atoms with E-state index >= 15 is 0 Å². The van der Waals surface area contributed by atoms with Crippen LogP contribution in [0.15, 0.2) is 18.2 Å². The molecule has 2 rings (SSSR count). The zero-order valence-corrected chi connectivity index (χ0v) is 9.71. The SMILES string of the molecule is NCC#Cc1cc(F)cc(OC2CCCC2)c1. The van der Waals surface area contributed by atoms with Gasteiger partial charge >= 0.3 is 0 Å². The van der Waals surface area contributed by atoms with Gasteiger partial charge in [-0.1, -0.05) is 11.8 Å². The quantitative estimate of drug-likeness (QED) is 0.796. The first-order valence-electron chi connectivity index (χ1n) is 5.94. The van der Waals surface area contributed by atoms with Crippen LogP contribution in [-0.4, -0.2) is 12.6 Å². The van der Waals surface area contributed by atoms with E-state index in [-0.39, 0.29) is 18.5 Å². The molecule has 0 radical (unpaired) electrons. The molecular formula is C14H16FNO. The van der Waals surface area contributed by atoms with Crippen LogP contribution in [0.4, 0.5) is 4.39 Å². The van der Waals surface area contributed by atoms with Gasteiger partial charge in [0.05, 0.1) is 12.6 Å². The highest BCUT2D eigenvalue weighted by Gasteiger charge is 2.16. The van der Waals surface area contributed by atoms with Gasteiger partial charge in [0.2, 0.25) is 0 Å². The summed E-state index contributed by atoms with van der Waals surface area (Å²) in [6, 6.07) is 4.57. The topological polar surface area (TPSA) is 35.2 Å². The number of hydrogen-bond donors (Lipinski definition) is 1. The van der Waals surface area contributed by atoms with Gasteiger partial charge in [-0.3, -0.25) is 0 Å². The monoisotopic (exact) mass is 233 g/mol. The maximum Gasteiger partial charge on any atom is 0.128 e. The van der Waals surface area contributed by atoms with Crippen molar-refractivity contribution < 1.29 is 9.13 Å². The van der Waals surface area contributed by atoms with E-state index in [4.69, 9.17) is 10.5 Å². The largest absolute Gasteiger partial charge is 0.490 e. The smallest absolute Gasteiger partial charge is 0.128 e. The van der Waals surface area contributed by atoms with Crippen LogP contribution in [0.3, 0.4) is 0 Å². The lowest BCUT2D eigenvalue weighted by Gasteiger charge is -2.13. The summed E-state index contributed by atoms with van der Waals surface area (Å²) >= 11 is 0. The molecule has 0 heterocycles. The molecule has 3 heteroatoms. The Kier molecular flexibility index (Phi) is 4.00. The van der Waals surface area contributed by atoms with Gasteiger partial charge in [0.1, 0.15) is 11.6 Å².